The van der Waals surface area contributed by atoms with E-state index in [1.165, 1.54) is 23.5 Å². The molecule has 0 saturated heterocycles. The first-order chi connectivity index (χ1) is 12.6. The highest BCUT2D eigenvalue weighted by Gasteiger charge is 2.09. The van der Waals surface area contributed by atoms with Gasteiger partial charge in [0.05, 0.1) is 15.1 Å². The van der Waals surface area contributed by atoms with Crippen molar-refractivity contribution in [2.24, 2.45) is 0 Å². The van der Waals surface area contributed by atoms with Crippen LogP contribution in [0.3, 0.4) is 0 Å². The number of hydrogen-bond acceptors (Lipinski definition) is 5. The molecule has 26 heavy (non-hydrogen) atoms. The van der Waals surface area contributed by atoms with Crippen molar-refractivity contribution in [3.8, 4) is 11.3 Å². The smallest absolute Gasteiger partial charge is 0.270 e. The van der Waals surface area contributed by atoms with E-state index in [0.717, 1.165) is 26.5 Å². The van der Waals surface area contributed by atoms with Gasteiger partial charge in [-0.3, -0.25) is 10.1 Å². The van der Waals surface area contributed by atoms with Gasteiger partial charge in [-0.05, 0) is 54.6 Å². The van der Waals surface area contributed by atoms with Crippen molar-refractivity contribution in [1.29, 1.82) is 0 Å². The molecule has 5 nitrogen and oxygen atoms in total. The maximum absolute atomic E-state index is 10.9. The summed E-state index contributed by atoms with van der Waals surface area (Å²) in [7, 11) is 0. The molecule has 0 radical (unpaired) electrons. The van der Waals surface area contributed by atoms with Gasteiger partial charge in [-0.2, -0.15) is 0 Å². The van der Waals surface area contributed by atoms with E-state index in [1.807, 2.05) is 48.6 Å². The van der Waals surface area contributed by atoms with E-state index in [1.54, 1.807) is 6.07 Å². The van der Waals surface area contributed by atoms with Crippen molar-refractivity contribution < 1.29 is 9.34 Å². The molecule has 4 aromatic rings. The molecule has 0 atom stereocenters. The maximum Gasteiger partial charge on any atom is 0.270 e. The molecule has 2 aromatic heterocycles. The second kappa shape index (κ2) is 6.74. The first-order valence-corrected chi connectivity index (χ1v) is 8.87. The standard InChI is InChI=1S/C19H11ClN2O3S/c20-13-3-1-12(2-4-13)17-9-6-15(25-17)7-10-19-21-16-8-5-14(22(23)24)11-18(16)26-19/h1-11H. The van der Waals surface area contributed by atoms with Crippen LogP contribution in [-0.4, -0.2) is 9.91 Å². The first-order valence-electron chi connectivity index (χ1n) is 7.67. The summed E-state index contributed by atoms with van der Waals surface area (Å²) >= 11 is 7.29. The number of nitrogens with zero attached hydrogens (tertiary/aromatic N) is 2. The topological polar surface area (TPSA) is 69.2 Å². The van der Waals surface area contributed by atoms with Crippen molar-refractivity contribution in [1.82, 2.24) is 4.98 Å². The van der Waals surface area contributed by atoms with E-state index >= 15 is 0 Å². The molecule has 4 rings (SSSR count). The zero-order valence-corrected chi connectivity index (χ0v) is 14.8. The van der Waals surface area contributed by atoms with Gasteiger partial charge in [-0.25, -0.2) is 4.98 Å². The van der Waals surface area contributed by atoms with Gasteiger partial charge in [-0.1, -0.05) is 11.6 Å². The molecule has 0 aliphatic carbocycles. The Morgan fingerprint density at radius 1 is 1.08 bits per heavy atom. The minimum Gasteiger partial charge on any atom is -0.457 e. The summed E-state index contributed by atoms with van der Waals surface area (Å²) in [6, 6.07) is 15.8. The number of nitro groups is 1. The van der Waals surface area contributed by atoms with Gasteiger partial charge in [-0.15, -0.1) is 11.3 Å². The van der Waals surface area contributed by atoms with Gasteiger partial charge in [0.1, 0.15) is 16.5 Å². The van der Waals surface area contributed by atoms with E-state index in [0.29, 0.717) is 10.8 Å². The van der Waals surface area contributed by atoms with E-state index < -0.39 is 4.92 Å². The Labute approximate surface area is 157 Å². The molecule has 128 valence electrons. The van der Waals surface area contributed by atoms with Crippen molar-refractivity contribution in [3.63, 3.8) is 0 Å². The van der Waals surface area contributed by atoms with Gasteiger partial charge in [0.25, 0.3) is 5.69 Å². The summed E-state index contributed by atoms with van der Waals surface area (Å²) in [6.45, 7) is 0. The van der Waals surface area contributed by atoms with Crippen LogP contribution in [0, 0.1) is 10.1 Å². The minimum absolute atomic E-state index is 0.0651. The largest absolute Gasteiger partial charge is 0.457 e. The lowest BCUT2D eigenvalue weighted by molar-refractivity contribution is -0.384. The number of aromatic nitrogens is 1. The third-order valence-electron chi connectivity index (χ3n) is 3.75. The highest BCUT2D eigenvalue weighted by molar-refractivity contribution is 7.19. The number of hydrogen-bond donors (Lipinski definition) is 0. The Kier molecular flexibility index (Phi) is 4.28. The van der Waals surface area contributed by atoms with Crippen molar-refractivity contribution in [2.45, 2.75) is 0 Å². The van der Waals surface area contributed by atoms with Gasteiger partial charge in [0.2, 0.25) is 0 Å². The van der Waals surface area contributed by atoms with Crippen molar-refractivity contribution in [3.05, 3.63) is 80.5 Å². The molecule has 2 aromatic carbocycles. The zero-order valence-electron chi connectivity index (χ0n) is 13.3. The van der Waals surface area contributed by atoms with Crippen LogP contribution in [0.4, 0.5) is 5.69 Å². The van der Waals surface area contributed by atoms with Gasteiger partial charge in [0, 0.05) is 22.7 Å². The van der Waals surface area contributed by atoms with Crippen molar-refractivity contribution in [2.75, 3.05) is 0 Å². The summed E-state index contributed by atoms with van der Waals surface area (Å²) in [5.41, 5.74) is 1.75. The molecule has 0 saturated carbocycles. The molecule has 2 heterocycles. The molecule has 7 heteroatoms. The Morgan fingerprint density at radius 3 is 2.65 bits per heavy atom. The molecule has 0 N–H and O–H groups in total. The second-order valence-electron chi connectivity index (χ2n) is 5.50. The van der Waals surface area contributed by atoms with E-state index in [2.05, 4.69) is 4.98 Å². The fraction of sp³-hybridized carbons (Fsp3) is 0. The van der Waals surface area contributed by atoms with Gasteiger partial charge in [0.15, 0.2) is 0 Å². The summed E-state index contributed by atoms with van der Waals surface area (Å²) in [5, 5.41) is 12.3. The van der Waals surface area contributed by atoms with Crippen molar-refractivity contribution >= 4 is 51.0 Å². The van der Waals surface area contributed by atoms with Crippen LogP contribution in [0.2, 0.25) is 5.02 Å². The van der Waals surface area contributed by atoms with Crippen LogP contribution in [0.25, 0.3) is 33.7 Å². The summed E-state index contributed by atoms with van der Waals surface area (Å²) in [6.07, 6.45) is 3.66. The molecular weight excluding hydrogens is 372 g/mol. The number of thiazole rings is 1. The van der Waals surface area contributed by atoms with E-state index in [9.17, 15) is 10.1 Å². The fourth-order valence-electron chi connectivity index (χ4n) is 2.48. The molecule has 0 aliphatic heterocycles. The van der Waals surface area contributed by atoms with E-state index in [4.69, 9.17) is 16.0 Å². The molecule has 0 aliphatic rings. The fourth-order valence-corrected chi connectivity index (χ4v) is 3.51. The Balaban J connectivity index is 1.57. The van der Waals surface area contributed by atoms with Crippen LogP contribution in [-0.2, 0) is 0 Å². The predicted molar refractivity (Wildman–Crippen MR) is 104 cm³/mol. The van der Waals surface area contributed by atoms with Crippen LogP contribution in [0.1, 0.15) is 10.8 Å². The summed E-state index contributed by atoms with van der Waals surface area (Å²) < 4.78 is 6.59. The molecule has 0 fully saturated rings. The normalized spacial score (nSPS) is 11.4. The summed E-state index contributed by atoms with van der Waals surface area (Å²) in [5.74, 6) is 1.45. The van der Waals surface area contributed by atoms with Crippen LogP contribution in [0.5, 0.6) is 0 Å². The maximum atomic E-state index is 10.9. The molecule has 0 amide bonds. The van der Waals surface area contributed by atoms with Gasteiger partial charge < -0.3 is 4.42 Å². The quantitative estimate of drug-likeness (QED) is 0.307. The lowest BCUT2D eigenvalue weighted by Gasteiger charge is -1.96. The number of furan rings is 1. The number of rotatable bonds is 4. The summed E-state index contributed by atoms with van der Waals surface area (Å²) in [4.78, 5) is 14.9. The minimum atomic E-state index is -0.407. The second-order valence-corrected chi connectivity index (χ2v) is 7.00. The zero-order chi connectivity index (χ0) is 18.1. The van der Waals surface area contributed by atoms with Crippen LogP contribution in [0.15, 0.2) is 59.0 Å². The highest BCUT2D eigenvalue weighted by Crippen LogP contribution is 2.28. The Bertz CT molecular complexity index is 1130. The number of halogens is 1. The Hall–Kier alpha value is -2.96. The average Bonchev–Trinajstić information content (AvgIpc) is 3.26. The highest BCUT2D eigenvalue weighted by atomic mass is 35.5. The lowest BCUT2D eigenvalue weighted by Crippen LogP contribution is -1.85. The van der Waals surface area contributed by atoms with Crippen LogP contribution >= 0.6 is 22.9 Å². The number of nitro benzene ring substituents is 1. The van der Waals surface area contributed by atoms with Gasteiger partial charge >= 0.3 is 0 Å². The lowest BCUT2D eigenvalue weighted by atomic mass is 10.2. The molecular formula is C19H11ClN2O3S. The molecule has 0 bridgehead atoms. The number of fused-ring (bicyclic) bond motifs is 1. The Morgan fingerprint density at radius 2 is 1.88 bits per heavy atom. The third kappa shape index (κ3) is 3.37. The first kappa shape index (κ1) is 16.5. The number of benzene rings is 2. The monoisotopic (exact) mass is 382 g/mol. The third-order valence-corrected chi connectivity index (χ3v) is 4.98. The van der Waals surface area contributed by atoms with E-state index in [-0.39, 0.29) is 5.69 Å². The van der Waals surface area contributed by atoms with Crippen LogP contribution < -0.4 is 0 Å². The number of non-ortho nitro benzene ring substituents is 1. The molecule has 0 spiro atoms. The molecule has 0 unspecified atom stereocenters. The average molecular weight is 383 g/mol. The SMILES string of the molecule is O=[N+]([O-])c1ccc2nc(C=Cc3ccc(-c4ccc(Cl)cc4)o3)sc2c1. The predicted octanol–water partition coefficient (Wildman–Crippen LogP) is 6.29.